The third-order valence-corrected chi connectivity index (χ3v) is 3.64. The summed E-state index contributed by atoms with van der Waals surface area (Å²) in [6, 6.07) is 8.23. The number of nitrogen functional groups attached to an aromatic ring is 1. The zero-order valence-electron chi connectivity index (χ0n) is 12.8. The zero-order chi connectivity index (χ0) is 14.5. The van der Waals surface area contributed by atoms with Gasteiger partial charge in [0, 0.05) is 17.8 Å². The molecule has 0 heterocycles. The summed E-state index contributed by atoms with van der Waals surface area (Å²) in [6.45, 7) is 14.9. The van der Waals surface area contributed by atoms with Crippen LogP contribution in [0.3, 0.4) is 0 Å². The van der Waals surface area contributed by atoms with Gasteiger partial charge in [-0.05, 0) is 57.4 Å². The van der Waals surface area contributed by atoms with Gasteiger partial charge in [-0.15, -0.1) is 6.58 Å². The van der Waals surface area contributed by atoms with Crippen LogP contribution in [0.4, 0.5) is 5.69 Å². The summed E-state index contributed by atoms with van der Waals surface area (Å²) in [5, 5.41) is 0. The van der Waals surface area contributed by atoms with Crippen molar-refractivity contribution >= 4 is 5.69 Å². The molecule has 1 aromatic rings. The van der Waals surface area contributed by atoms with Crippen molar-refractivity contribution in [3.05, 3.63) is 42.5 Å². The van der Waals surface area contributed by atoms with Crippen molar-refractivity contribution in [2.75, 3.05) is 18.8 Å². The van der Waals surface area contributed by atoms with Crippen LogP contribution in [0.15, 0.2) is 36.9 Å². The molecule has 0 radical (unpaired) electrons. The Morgan fingerprint density at radius 1 is 1.26 bits per heavy atom. The summed E-state index contributed by atoms with van der Waals surface area (Å²) in [4.78, 5) is 2.47. The highest BCUT2D eigenvalue weighted by Crippen LogP contribution is 2.22. The molecule has 1 aromatic carbocycles. The van der Waals surface area contributed by atoms with Crippen LogP contribution < -0.4 is 5.73 Å². The fourth-order valence-electron chi connectivity index (χ4n) is 2.20. The van der Waals surface area contributed by atoms with Crippen LogP contribution in [0.25, 0.3) is 0 Å². The maximum Gasteiger partial charge on any atom is 0.0314 e. The van der Waals surface area contributed by atoms with E-state index in [-0.39, 0.29) is 5.54 Å². The molecule has 2 N–H and O–H groups in total. The maximum absolute atomic E-state index is 5.73. The molecule has 0 aromatic heterocycles. The minimum atomic E-state index is 0.190. The Hall–Kier alpha value is -1.28. The summed E-state index contributed by atoms with van der Waals surface area (Å²) in [5.74, 6) is 0.551. The van der Waals surface area contributed by atoms with E-state index in [0.29, 0.717) is 5.92 Å². The van der Waals surface area contributed by atoms with Crippen molar-refractivity contribution in [3.63, 3.8) is 0 Å². The summed E-state index contributed by atoms with van der Waals surface area (Å²) >= 11 is 0. The maximum atomic E-state index is 5.73. The molecule has 0 amide bonds. The first-order valence-electron chi connectivity index (χ1n) is 7.06. The Morgan fingerprint density at radius 3 is 2.32 bits per heavy atom. The second-order valence-electron chi connectivity index (χ2n) is 6.26. The van der Waals surface area contributed by atoms with Crippen LogP contribution in [-0.2, 0) is 0 Å². The predicted molar refractivity (Wildman–Crippen MR) is 85.4 cm³/mol. The molecule has 2 nitrogen and oxygen atoms in total. The van der Waals surface area contributed by atoms with Crippen molar-refractivity contribution in [2.45, 2.75) is 45.6 Å². The van der Waals surface area contributed by atoms with E-state index < -0.39 is 0 Å². The number of anilines is 1. The van der Waals surface area contributed by atoms with Gasteiger partial charge >= 0.3 is 0 Å². The Balaban J connectivity index is 2.59. The summed E-state index contributed by atoms with van der Waals surface area (Å²) in [5.41, 5.74) is 8.11. The fourth-order valence-corrected chi connectivity index (χ4v) is 2.20. The molecule has 0 aliphatic heterocycles. The molecule has 106 valence electrons. The molecule has 2 heteroatoms. The average molecular weight is 260 g/mol. The van der Waals surface area contributed by atoms with E-state index in [1.165, 1.54) is 5.56 Å². The summed E-state index contributed by atoms with van der Waals surface area (Å²) in [7, 11) is 0. The smallest absolute Gasteiger partial charge is 0.0314 e. The molecule has 0 saturated carbocycles. The molecule has 1 unspecified atom stereocenters. The normalized spacial score (nSPS) is 13.5. The van der Waals surface area contributed by atoms with Gasteiger partial charge in [0.1, 0.15) is 0 Å². The molecule has 0 aliphatic rings. The van der Waals surface area contributed by atoms with E-state index in [4.69, 9.17) is 5.73 Å². The van der Waals surface area contributed by atoms with Gasteiger partial charge in [0.2, 0.25) is 0 Å². The largest absolute Gasteiger partial charge is 0.399 e. The quantitative estimate of drug-likeness (QED) is 0.617. The first-order valence-corrected chi connectivity index (χ1v) is 7.06. The van der Waals surface area contributed by atoms with Crippen LogP contribution in [0, 0.1) is 0 Å². The monoisotopic (exact) mass is 260 g/mol. The molecule has 19 heavy (non-hydrogen) atoms. The van der Waals surface area contributed by atoms with Gasteiger partial charge in [0.05, 0.1) is 0 Å². The lowest BCUT2D eigenvalue weighted by Gasteiger charge is -2.35. The predicted octanol–water partition coefficient (Wildman–Crippen LogP) is 4.05. The van der Waals surface area contributed by atoms with E-state index >= 15 is 0 Å². The first-order chi connectivity index (χ1) is 8.84. The lowest BCUT2D eigenvalue weighted by molar-refractivity contribution is 0.149. The number of hydrogen-bond donors (Lipinski definition) is 1. The second kappa shape index (κ2) is 6.76. The van der Waals surface area contributed by atoms with Gasteiger partial charge in [-0.2, -0.15) is 0 Å². The van der Waals surface area contributed by atoms with Crippen molar-refractivity contribution in [1.29, 1.82) is 0 Å². The minimum Gasteiger partial charge on any atom is -0.399 e. The highest BCUT2D eigenvalue weighted by Gasteiger charge is 2.20. The van der Waals surface area contributed by atoms with Crippen LogP contribution in [0.5, 0.6) is 0 Å². The van der Waals surface area contributed by atoms with E-state index in [0.717, 1.165) is 25.2 Å². The zero-order valence-corrected chi connectivity index (χ0v) is 12.8. The van der Waals surface area contributed by atoms with Gasteiger partial charge in [-0.25, -0.2) is 0 Å². The van der Waals surface area contributed by atoms with Gasteiger partial charge in [0.15, 0.2) is 0 Å². The Kier molecular flexibility index (Phi) is 5.61. The molecule has 0 bridgehead atoms. The molecule has 1 rings (SSSR count). The Morgan fingerprint density at radius 2 is 1.84 bits per heavy atom. The van der Waals surface area contributed by atoms with Crippen LogP contribution in [0.1, 0.15) is 45.6 Å². The van der Waals surface area contributed by atoms with E-state index in [1.807, 2.05) is 18.2 Å². The molecular formula is C17H28N2. The van der Waals surface area contributed by atoms with E-state index in [2.05, 4.69) is 51.3 Å². The number of hydrogen-bond acceptors (Lipinski definition) is 2. The SMILES string of the molecule is C=CCN(CCC(C)c1ccc(N)cc1)C(C)(C)C. The average Bonchev–Trinajstić information content (AvgIpc) is 2.33. The third-order valence-electron chi connectivity index (χ3n) is 3.64. The number of nitrogens with two attached hydrogens (primary N) is 1. The standard InChI is InChI=1S/C17H28N2/c1-6-12-19(17(3,4)5)13-11-14(2)15-7-9-16(18)10-8-15/h6-10,14H,1,11-13,18H2,2-5H3. The Bertz CT molecular complexity index is 387. The van der Waals surface area contributed by atoms with Gasteiger partial charge < -0.3 is 5.73 Å². The third kappa shape index (κ3) is 5.07. The van der Waals surface area contributed by atoms with Gasteiger partial charge in [-0.1, -0.05) is 25.1 Å². The molecule has 0 spiro atoms. The summed E-state index contributed by atoms with van der Waals surface area (Å²) < 4.78 is 0. The summed E-state index contributed by atoms with van der Waals surface area (Å²) in [6.07, 6.45) is 3.13. The number of rotatable bonds is 6. The van der Waals surface area contributed by atoms with Crippen molar-refractivity contribution in [3.8, 4) is 0 Å². The number of nitrogens with zero attached hydrogens (tertiary/aromatic N) is 1. The number of benzene rings is 1. The molecular weight excluding hydrogens is 232 g/mol. The molecule has 0 saturated heterocycles. The fraction of sp³-hybridized carbons (Fsp3) is 0.529. The highest BCUT2D eigenvalue weighted by molar-refractivity contribution is 5.40. The van der Waals surface area contributed by atoms with Gasteiger partial charge in [-0.3, -0.25) is 4.90 Å². The van der Waals surface area contributed by atoms with Crippen LogP contribution >= 0.6 is 0 Å². The second-order valence-corrected chi connectivity index (χ2v) is 6.26. The minimum absolute atomic E-state index is 0.190. The lowest BCUT2D eigenvalue weighted by atomic mass is 9.96. The topological polar surface area (TPSA) is 29.3 Å². The first kappa shape index (κ1) is 15.8. The van der Waals surface area contributed by atoms with Gasteiger partial charge in [0.25, 0.3) is 0 Å². The van der Waals surface area contributed by atoms with E-state index in [1.54, 1.807) is 0 Å². The van der Waals surface area contributed by atoms with Crippen molar-refractivity contribution < 1.29 is 0 Å². The molecule has 1 atom stereocenters. The lowest BCUT2D eigenvalue weighted by Crippen LogP contribution is -2.42. The van der Waals surface area contributed by atoms with Crippen molar-refractivity contribution in [1.82, 2.24) is 4.90 Å². The molecule has 0 aliphatic carbocycles. The van der Waals surface area contributed by atoms with Crippen LogP contribution in [-0.4, -0.2) is 23.5 Å². The highest BCUT2D eigenvalue weighted by atomic mass is 15.2. The Labute approximate surface area is 118 Å². The van der Waals surface area contributed by atoms with Crippen LogP contribution in [0.2, 0.25) is 0 Å². The molecule has 0 fully saturated rings. The van der Waals surface area contributed by atoms with Crippen molar-refractivity contribution in [2.24, 2.45) is 0 Å². The van der Waals surface area contributed by atoms with E-state index in [9.17, 15) is 0 Å².